The van der Waals surface area contributed by atoms with E-state index in [0.717, 1.165) is 33.4 Å². The van der Waals surface area contributed by atoms with Gasteiger partial charge in [0.1, 0.15) is 0 Å². The van der Waals surface area contributed by atoms with Crippen LogP contribution in [0.3, 0.4) is 0 Å². The summed E-state index contributed by atoms with van der Waals surface area (Å²) < 4.78 is 0. The fraction of sp³-hybridized carbons (Fsp3) is 0.0714. The van der Waals surface area contributed by atoms with Crippen LogP contribution in [0.1, 0.15) is 19.4 Å². The molecule has 1 aromatic rings. The number of hydrogen-bond acceptors (Lipinski definition) is 0. The van der Waals surface area contributed by atoms with Crippen molar-refractivity contribution in [2.75, 3.05) is 0 Å². The van der Waals surface area contributed by atoms with Crippen LogP contribution in [-0.4, -0.2) is 0 Å². The summed E-state index contributed by atoms with van der Waals surface area (Å²) in [6, 6.07) is 10.3. The van der Waals surface area contributed by atoms with E-state index in [1.165, 1.54) is 0 Å². The molecule has 0 saturated carbocycles. The first-order valence-electron chi connectivity index (χ1n) is 9.35. The lowest BCUT2D eigenvalue weighted by Crippen LogP contribution is -2.00. The molecule has 0 atom stereocenters. The second kappa shape index (κ2) is 12.9. The summed E-state index contributed by atoms with van der Waals surface area (Å²) in [5, 5.41) is 0. The summed E-state index contributed by atoms with van der Waals surface area (Å²) in [5.74, 6) is 0. The van der Waals surface area contributed by atoms with Gasteiger partial charge in [-0.25, -0.2) is 0 Å². The van der Waals surface area contributed by atoms with Crippen molar-refractivity contribution in [3.63, 3.8) is 0 Å². The van der Waals surface area contributed by atoms with Crippen molar-refractivity contribution in [2.45, 2.75) is 13.8 Å². The molecule has 0 unspecified atom stereocenters. The first-order chi connectivity index (χ1) is 13.7. The van der Waals surface area contributed by atoms with Gasteiger partial charge in [0.25, 0.3) is 0 Å². The van der Waals surface area contributed by atoms with Crippen molar-refractivity contribution in [1.29, 1.82) is 0 Å². The van der Waals surface area contributed by atoms with E-state index in [1.807, 2.05) is 74.6 Å². The van der Waals surface area contributed by atoms with Crippen molar-refractivity contribution < 1.29 is 0 Å². The molecule has 1 aromatic carbocycles. The molecule has 0 aliphatic carbocycles. The highest BCUT2D eigenvalue weighted by Crippen LogP contribution is 2.36. The Morgan fingerprint density at radius 3 is 1.68 bits per heavy atom. The minimum Gasteiger partial charge on any atom is -0.0990 e. The maximum absolute atomic E-state index is 4.05. The Labute approximate surface area is 171 Å². The van der Waals surface area contributed by atoms with Crippen LogP contribution in [0.15, 0.2) is 146 Å². The zero-order chi connectivity index (χ0) is 20.8. The molecular weight excluding hydrogens is 336 g/mol. The van der Waals surface area contributed by atoms with Crippen molar-refractivity contribution in [1.82, 2.24) is 0 Å². The molecule has 0 spiro atoms. The van der Waals surface area contributed by atoms with E-state index < -0.39 is 0 Å². The monoisotopic (exact) mass is 366 g/mol. The van der Waals surface area contributed by atoms with Gasteiger partial charge in [-0.3, -0.25) is 0 Å². The molecule has 0 aliphatic rings. The molecule has 142 valence electrons. The summed E-state index contributed by atoms with van der Waals surface area (Å²) in [7, 11) is 0. The average molecular weight is 367 g/mol. The highest BCUT2D eigenvalue weighted by Gasteiger charge is 2.17. The van der Waals surface area contributed by atoms with Crippen LogP contribution < -0.4 is 0 Å². The van der Waals surface area contributed by atoms with E-state index in [2.05, 4.69) is 50.6 Å². The van der Waals surface area contributed by atoms with Crippen LogP contribution in [0.5, 0.6) is 0 Å². The topological polar surface area (TPSA) is 0 Å². The molecule has 0 N–H and O–H groups in total. The van der Waals surface area contributed by atoms with E-state index >= 15 is 0 Å². The predicted molar refractivity (Wildman–Crippen MR) is 128 cm³/mol. The predicted octanol–water partition coefficient (Wildman–Crippen LogP) is 8.12. The van der Waals surface area contributed by atoms with Crippen molar-refractivity contribution >= 4 is 5.57 Å². The van der Waals surface area contributed by atoms with Gasteiger partial charge in [-0.15, -0.1) is 0 Å². The van der Waals surface area contributed by atoms with Gasteiger partial charge in [0.2, 0.25) is 0 Å². The summed E-state index contributed by atoms with van der Waals surface area (Å²) in [6.45, 7) is 19.8. The lowest BCUT2D eigenvalue weighted by atomic mass is 9.84. The van der Waals surface area contributed by atoms with Gasteiger partial charge in [0, 0.05) is 0 Å². The highest BCUT2D eigenvalue weighted by atomic mass is 14.2. The molecule has 0 radical (unpaired) electrons. The molecule has 28 heavy (non-hydrogen) atoms. The second-order valence-corrected chi connectivity index (χ2v) is 5.89. The van der Waals surface area contributed by atoms with E-state index in [0.29, 0.717) is 0 Å². The largest absolute Gasteiger partial charge is 0.0990 e. The van der Waals surface area contributed by atoms with Crippen LogP contribution in [0.4, 0.5) is 0 Å². The Morgan fingerprint density at radius 1 is 0.679 bits per heavy atom. The standard InChI is InChI=1S/C28H30/c1-7-16-23(12-6)27(24(17-8-2)18-9-3)28(25(19-10-4)20-11-5)26-21-14-13-15-22-26/h7-22H,1-2,4,6H2,3,5H3/b18-9-,20-11-,23-16+,24-17+,25-19+,28-27+. The normalized spacial score (nSPS) is 14.1. The van der Waals surface area contributed by atoms with Crippen LogP contribution in [0.2, 0.25) is 0 Å². The number of rotatable bonds is 10. The fourth-order valence-corrected chi connectivity index (χ4v) is 2.95. The molecule has 0 amide bonds. The SMILES string of the molecule is C=C/C=C(C=C)/C(=C(C(/C=C\C)=C/C=C)\c1ccccc1)C(/C=C\C)=C/C=C. The smallest absolute Gasteiger partial charge is 0.00269 e. The number of allylic oxidation sites excluding steroid dienone is 16. The maximum Gasteiger partial charge on any atom is -0.00269 e. The Kier molecular flexibility index (Phi) is 10.4. The number of benzene rings is 1. The molecule has 0 heterocycles. The third-order valence-corrected chi connectivity index (χ3v) is 3.98. The van der Waals surface area contributed by atoms with Gasteiger partial charge in [0.15, 0.2) is 0 Å². The Bertz CT molecular complexity index is 875. The molecule has 0 saturated heterocycles. The maximum atomic E-state index is 4.05. The van der Waals surface area contributed by atoms with Gasteiger partial charge in [0.05, 0.1) is 0 Å². The van der Waals surface area contributed by atoms with Crippen LogP contribution >= 0.6 is 0 Å². The van der Waals surface area contributed by atoms with E-state index in [-0.39, 0.29) is 0 Å². The lowest BCUT2D eigenvalue weighted by molar-refractivity contribution is 1.42. The number of hydrogen-bond donors (Lipinski definition) is 0. The molecule has 1 rings (SSSR count). The summed E-state index contributed by atoms with van der Waals surface area (Å²) in [4.78, 5) is 0. The van der Waals surface area contributed by atoms with Gasteiger partial charge in [-0.2, -0.15) is 0 Å². The first kappa shape index (κ1) is 22.7. The van der Waals surface area contributed by atoms with Crippen molar-refractivity contribution in [2.24, 2.45) is 0 Å². The quantitative estimate of drug-likeness (QED) is 0.367. The molecular formula is C28H30. The molecule has 0 aromatic heterocycles. The van der Waals surface area contributed by atoms with Gasteiger partial charge < -0.3 is 0 Å². The average Bonchev–Trinajstić information content (AvgIpc) is 2.71. The summed E-state index contributed by atoms with van der Waals surface area (Å²) >= 11 is 0. The van der Waals surface area contributed by atoms with Gasteiger partial charge in [-0.05, 0) is 47.3 Å². The summed E-state index contributed by atoms with van der Waals surface area (Å²) in [5.41, 5.74) is 6.36. The van der Waals surface area contributed by atoms with E-state index in [9.17, 15) is 0 Å². The molecule has 0 fully saturated rings. The minimum absolute atomic E-state index is 0.986. The Balaban J connectivity index is 4.22. The van der Waals surface area contributed by atoms with Crippen molar-refractivity contribution in [3.8, 4) is 0 Å². The fourth-order valence-electron chi connectivity index (χ4n) is 2.95. The second-order valence-electron chi connectivity index (χ2n) is 5.89. The van der Waals surface area contributed by atoms with Crippen LogP contribution in [0.25, 0.3) is 5.57 Å². The third-order valence-electron chi connectivity index (χ3n) is 3.98. The molecule has 0 aliphatic heterocycles. The first-order valence-corrected chi connectivity index (χ1v) is 9.35. The molecule has 0 bridgehead atoms. The van der Waals surface area contributed by atoms with Gasteiger partial charge in [-0.1, -0.05) is 123 Å². The zero-order valence-electron chi connectivity index (χ0n) is 17.1. The Morgan fingerprint density at radius 2 is 1.18 bits per heavy atom. The summed E-state index contributed by atoms with van der Waals surface area (Å²) in [6.07, 6.45) is 21.5. The van der Waals surface area contributed by atoms with E-state index in [1.54, 1.807) is 12.2 Å². The van der Waals surface area contributed by atoms with E-state index in [4.69, 9.17) is 0 Å². The van der Waals surface area contributed by atoms with Crippen LogP contribution in [0, 0.1) is 0 Å². The Hall–Kier alpha value is -3.38. The third kappa shape index (κ3) is 6.10. The highest BCUT2D eigenvalue weighted by molar-refractivity contribution is 5.90. The zero-order valence-corrected chi connectivity index (χ0v) is 17.1. The van der Waals surface area contributed by atoms with Gasteiger partial charge >= 0.3 is 0 Å². The van der Waals surface area contributed by atoms with Crippen LogP contribution in [-0.2, 0) is 0 Å². The van der Waals surface area contributed by atoms with Crippen molar-refractivity contribution in [3.05, 3.63) is 151 Å². The lowest BCUT2D eigenvalue weighted by Gasteiger charge is -2.20. The minimum atomic E-state index is 0.986. The molecule has 0 nitrogen and oxygen atoms in total. The molecule has 0 heteroatoms.